The van der Waals surface area contributed by atoms with Gasteiger partial charge in [-0.3, -0.25) is 4.79 Å². The van der Waals surface area contributed by atoms with Crippen LogP contribution in [0.1, 0.15) is 6.42 Å². The topological polar surface area (TPSA) is 41.1 Å². The third kappa shape index (κ3) is 4.62. The molecule has 0 saturated carbocycles. The Labute approximate surface area is 132 Å². The number of rotatable bonds is 5. The van der Waals surface area contributed by atoms with Gasteiger partial charge in [-0.15, -0.1) is 0 Å². The van der Waals surface area contributed by atoms with E-state index >= 15 is 0 Å². The van der Waals surface area contributed by atoms with E-state index in [1.54, 1.807) is 30.3 Å². The van der Waals surface area contributed by atoms with Crippen LogP contribution in [0.5, 0.6) is 0 Å². The first-order valence-electron chi connectivity index (χ1n) is 6.29. The summed E-state index contributed by atoms with van der Waals surface area (Å²) in [7, 11) is 0. The summed E-state index contributed by atoms with van der Waals surface area (Å²) in [6.45, 7) is 0.401. The third-order valence-corrected chi connectivity index (χ3v) is 3.49. The number of halogens is 3. The van der Waals surface area contributed by atoms with Crippen molar-refractivity contribution in [1.29, 1.82) is 0 Å². The molecule has 0 aromatic heterocycles. The Balaban J connectivity index is 1.82. The quantitative estimate of drug-likeness (QED) is 0.844. The number of hydrogen-bond donors (Lipinski definition) is 2. The molecule has 0 unspecified atom stereocenters. The number of carbonyl (C=O) groups excluding carboxylic acids is 1. The van der Waals surface area contributed by atoms with Crippen LogP contribution < -0.4 is 10.6 Å². The molecule has 0 aliphatic rings. The predicted molar refractivity (Wildman–Crippen MR) is 84.6 cm³/mol. The summed E-state index contributed by atoms with van der Waals surface area (Å²) in [6, 6.07) is 11.2. The van der Waals surface area contributed by atoms with Crippen molar-refractivity contribution in [2.75, 3.05) is 17.2 Å². The van der Waals surface area contributed by atoms with Gasteiger partial charge in [-0.25, -0.2) is 4.39 Å². The zero-order valence-corrected chi connectivity index (χ0v) is 12.5. The normalized spacial score (nSPS) is 10.2. The molecule has 0 aliphatic heterocycles. The summed E-state index contributed by atoms with van der Waals surface area (Å²) >= 11 is 11.7. The van der Waals surface area contributed by atoms with Gasteiger partial charge in [-0.2, -0.15) is 0 Å². The van der Waals surface area contributed by atoms with E-state index in [9.17, 15) is 9.18 Å². The van der Waals surface area contributed by atoms with Crippen molar-refractivity contribution in [1.82, 2.24) is 0 Å². The van der Waals surface area contributed by atoms with Crippen LogP contribution >= 0.6 is 23.2 Å². The minimum atomic E-state index is -0.455. The van der Waals surface area contributed by atoms with Crippen molar-refractivity contribution in [3.8, 4) is 0 Å². The SMILES string of the molecule is O=C(CCNc1ccc(Cl)c(Cl)c1)Nc1ccccc1F. The fourth-order valence-electron chi connectivity index (χ4n) is 1.70. The Morgan fingerprint density at radius 1 is 1.10 bits per heavy atom. The summed E-state index contributed by atoms with van der Waals surface area (Å²) in [5.74, 6) is -0.726. The average Bonchev–Trinajstić information content (AvgIpc) is 2.45. The van der Waals surface area contributed by atoms with Crippen molar-refractivity contribution in [3.05, 3.63) is 58.3 Å². The first-order chi connectivity index (χ1) is 10.1. The number of nitrogens with one attached hydrogen (secondary N) is 2. The molecular weight excluding hydrogens is 314 g/mol. The van der Waals surface area contributed by atoms with Gasteiger partial charge in [0.25, 0.3) is 0 Å². The molecular formula is C15H13Cl2FN2O. The molecule has 0 heterocycles. The highest BCUT2D eigenvalue weighted by molar-refractivity contribution is 6.42. The van der Waals surface area contributed by atoms with Gasteiger partial charge in [0.2, 0.25) is 5.91 Å². The van der Waals surface area contributed by atoms with Gasteiger partial charge in [0.05, 0.1) is 15.7 Å². The fraction of sp³-hybridized carbons (Fsp3) is 0.133. The van der Waals surface area contributed by atoms with E-state index in [4.69, 9.17) is 23.2 Å². The van der Waals surface area contributed by atoms with Crippen molar-refractivity contribution >= 4 is 40.5 Å². The molecule has 110 valence electrons. The Morgan fingerprint density at radius 3 is 2.57 bits per heavy atom. The average molecular weight is 327 g/mol. The number of amides is 1. The molecule has 6 heteroatoms. The molecule has 0 radical (unpaired) electrons. The molecule has 2 N–H and O–H groups in total. The lowest BCUT2D eigenvalue weighted by Crippen LogP contribution is -2.16. The number of carbonyl (C=O) groups is 1. The largest absolute Gasteiger partial charge is 0.384 e. The van der Waals surface area contributed by atoms with Crippen LogP contribution in [0.25, 0.3) is 0 Å². The van der Waals surface area contributed by atoms with Crippen LogP contribution in [0, 0.1) is 5.82 Å². The Hall–Kier alpha value is -1.78. The van der Waals surface area contributed by atoms with E-state index in [-0.39, 0.29) is 18.0 Å². The standard InChI is InChI=1S/C15H13Cl2FN2O/c16-11-6-5-10(9-12(11)17)19-8-7-15(21)20-14-4-2-1-3-13(14)18/h1-6,9,19H,7-8H2,(H,20,21). The molecule has 2 aromatic rings. The van der Waals surface area contributed by atoms with Gasteiger partial charge in [-0.1, -0.05) is 35.3 Å². The van der Waals surface area contributed by atoms with E-state index in [2.05, 4.69) is 10.6 Å². The second-order valence-corrected chi connectivity index (χ2v) is 5.15. The van der Waals surface area contributed by atoms with Crippen LogP contribution in [-0.4, -0.2) is 12.5 Å². The van der Waals surface area contributed by atoms with Gasteiger partial charge in [0, 0.05) is 18.7 Å². The van der Waals surface area contributed by atoms with Crippen LogP contribution in [0.4, 0.5) is 15.8 Å². The van der Waals surface area contributed by atoms with E-state index in [0.717, 1.165) is 5.69 Å². The van der Waals surface area contributed by atoms with E-state index < -0.39 is 5.82 Å². The molecule has 21 heavy (non-hydrogen) atoms. The lowest BCUT2D eigenvalue weighted by molar-refractivity contribution is -0.116. The molecule has 2 aromatic carbocycles. The zero-order valence-electron chi connectivity index (χ0n) is 11.0. The molecule has 0 atom stereocenters. The molecule has 0 spiro atoms. The van der Waals surface area contributed by atoms with Gasteiger partial charge < -0.3 is 10.6 Å². The number of para-hydroxylation sites is 1. The Kier molecular flexibility index (Phi) is 5.42. The van der Waals surface area contributed by atoms with Crippen molar-refractivity contribution in [2.24, 2.45) is 0 Å². The summed E-state index contributed by atoms with van der Waals surface area (Å²) in [6.07, 6.45) is 0.203. The van der Waals surface area contributed by atoms with Gasteiger partial charge >= 0.3 is 0 Å². The maximum absolute atomic E-state index is 13.4. The van der Waals surface area contributed by atoms with Gasteiger partial charge in [-0.05, 0) is 30.3 Å². The molecule has 0 bridgehead atoms. The van der Waals surface area contributed by atoms with E-state index in [0.29, 0.717) is 16.6 Å². The van der Waals surface area contributed by atoms with E-state index in [1.165, 1.54) is 12.1 Å². The van der Waals surface area contributed by atoms with E-state index in [1.807, 2.05) is 0 Å². The van der Waals surface area contributed by atoms with Gasteiger partial charge in [0.1, 0.15) is 5.82 Å². The van der Waals surface area contributed by atoms with Crippen LogP contribution in [0.15, 0.2) is 42.5 Å². The number of benzene rings is 2. The smallest absolute Gasteiger partial charge is 0.226 e. The monoisotopic (exact) mass is 326 g/mol. The summed E-state index contributed by atoms with van der Waals surface area (Å²) in [5, 5.41) is 6.48. The summed E-state index contributed by atoms with van der Waals surface area (Å²) < 4.78 is 13.4. The van der Waals surface area contributed by atoms with Crippen LogP contribution in [-0.2, 0) is 4.79 Å². The number of anilines is 2. The van der Waals surface area contributed by atoms with Crippen LogP contribution in [0.3, 0.4) is 0 Å². The fourth-order valence-corrected chi connectivity index (χ4v) is 2.00. The summed E-state index contributed by atoms with van der Waals surface area (Å²) in [5.41, 5.74) is 0.945. The van der Waals surface area contributed by atoms with Crippen molar-refractivity contribution in [2.45, 2.75) is 6.42 Å². The Morgan fingerprint density at radius 2 is 1.86 bits per heavy atom. The minimum Gasteiger partial charge on any atom is -0.384 e. The minimum absolute atomic E-state index is 0.178. The maximum atomic E-state index is 13.4. The highest BCUT2D eigenvalue weighted by Crippen LogP contribution is 2.24. The molecule has 1 amide bonds. The molecule has 3 nitrogen and oxygen atoms in total. The highest BCUT2D eigenvalue weighted by Gasteiger charge is 2.06. The first kappa shape index (κ1) is 15.6. The second kappa shape index (κ2) is 7.29. The first-order valence-corrected chi connectivity index (χ1v) is 7.05. The molecule has 0 saturated heterocycles. The third-order valence-electron chi connectivity index (χ3n) is 2.75. The maximum Gasteiger partial charge on any atom is 0.226 e. The number of hydrogen-bond acceptors (Lipinski definition) is 2. The zero-order chi connectivity index (χ0) is 15.2. The summed E-state index contributed by atoms with van der Waals surface area (Å²) in [4.78, 5) is 11.7. The van der Waals surface area contributed by atoms with Crippen molar-refractivity contribution < 1.29 is 9.18 Å². The predicted octanol–water partition coefficient (Wildman–Crippen LogP) is 4.57. The van der Waals surface area contributed by atoms with Gasteiger partial charge in [0.15, 0.2) is 0 Å². The highest BCUT2D eigenvalue weighted by atomic mass is 35.5. The molecule has 0 fully saturated rings. The van der Waals surface area contributed by atoms with Crippen molar-refractivity contribution in [3.63, 3.8) is 0 Å². The lowest BCUT2D eigenvalue weighted by atomic mass is 10.3. The molecule has 0 aliphatic carbocycles. The second-order valence-electron chi connectivity index (χ2n) is 4.33. The lowest BCUT2D eigenvalue weighted by Gasteiger charge is -2.08. The Bertz CT molecular complexity index is 649. The molecule has 2 rings (SSSR count). The van der Waals surface area contributed by atoms with Crippen LogP contribution in [0.2, 0.25) is 10.0 Å².